The van der Waals surface area contributed by atoms with Crippen LogP contribution in [0.1, 0.15) is 41.5 Å². The monoisotopic (exact) mass is 256 g/mol. The fourth-order valence-electron chi connectivity index (χ4n) is 1.39. The van der Waals surface area contributed by atoms with Crippen molar-refractivity contribution in [3.05, 3.63) is 22.2 Å². The number of aromatic nitrogens is 2. The second-order valence-electron chi connectivity index (χ2n) is 3.36. The smallest absolute Gasteiger partial charge is 0.355 e. The third-order valence-electron chi connectivity index (χ3n) is 2.44. The molecule has 4 nitrogen and oxygen atoms in total. The molecule has 74 valence electrons. The number of halogens is 1. The first-order chi connectivity index (χ1) is 6.68. The molecule has 1 aliphatic rings. The molecule has 0 amide bonds. The van der Waals surface area contributed by atoms with Gasteiger partial charge in [0.15, 0.2) is 5.69 Å². The number of rotatable bonds is 2. The minimum absolute atomic E-state index is 0.0573. The van der Waals surface area contributed by atoms with E-state index in [9.17, 15) is 4.79 Å². The summed E-state index contributed by atoms with van der Waals surface area (Å²) in [4.78, 5) is 18.9. The van der Waals surface area contributed by atoms with Gasteiger partial charge in [-0.2, -0.15) is 0 Å². The third kappa shape index (κ3) is 1.64. The van der Waals surface area contributed by atoms with Crippen LogP contribution in [0.2, 0.25) is 0 Å². The van der Waals surface area contributed by atoms with Gasteiger partial charge < -0.3 is 5.11 Å². The summed E-state index contributed by atoms with van der Waals surface area (Å²) in [6.07, 6.45) is 4.85. The van der Waals surface area contributed by atoms with Gasteiger partial charge in [-0.25, -0.2) is 14.8 Å². The van der Waals surface area contributed by atoms with Gasteiger partial charge >= 0.3 is 5.97 Å². The van der Waals surface area contributed by atoms with Gasteiger partial charge in [-0.3, -0.25) is 0 Å². The Balaban J connectivity index is 2.34. The van der Waals surface area contributed by atoms with Gasteiger partial charge in [0.05, 0.1) is 4.47 Å². The number of nitrogens with zero attached hydrogens (tertiary/aromatic N) is 2. The van der Waals surface area contributed by atoms with Crippen LogP contribution in [0.5, 0.6) is 0 Å². The van der Waals surface area contributed by atoms with Crippen molar-refractivity contribution in [2.45, 2.75) is 25.2 Å². The largest absolute Gasteiger partial charge is 0.476 e. The van der Waals surface area contributed by atoms with E-state index >= 15 is 0 Å². The molecule has 0 saturated heterocycles. The molecule has 0 aromatic carbocycles. The summed E-state index contributed by atoms with van der Waals surface area (Å²) in [7, 11) is 0. The average molecular weight is 257 g/mol. The molecule has 1 aliphatic carbocycles. The molecular formula is C9H9BrN2O2. The van der Waals surface area contributed by atoms with Gasteiger partial charge in [-0.05, 0) is 28.8 Å². The van der Waals surface area contributed by atoms with Crippen LogP contribution in [-0.4, -0.2) is 21.0 Å². The van der Waals surface area contributed by atoms with Gasteiger partial charge in [-0.1, -0.05) is 6.42 Å². The second-order valence-corrected chi connectivity index (χ2v) is 4.21. The fourth-order valence-corrected chi connectivity index (χ4v) is 1.75. The van der Waals surface area contributed by atoms with Crippen LogP contribution in [0.4, 0.5) is 0 Å². The van der Waals surface area contributed by atoms with E-state index in [-0.39, 0.29) is 5.69 Å². The van der Waals surface area contributed by atoms with Crippen molar-refractivity contribution in [1.29, 1.82) is 0 Å². The molecule has 14 heavy (non-hydrogen) atoms. The maximum absolute atomic E-state index is 10.8. The van der Waals surface area contributed by atoms with E-state index in [1.165, 1.54) is 12.6 Å². The van der Waals surface area contributed by atoms with Crippen molar-refractivity contribution in [2.75, 3.05) is 0 Å². The lowest BCUT2D eigenvalue weighted by Crippen LogP contribution is -2.15. The number of aromatic carboxylic acids is 1. The van der Waals surface area contributed by atoms with Gasteiger partial charge in [0.25, 0.3) is 0 Å². The number of carbonyl (C=O) groups is 1. The lowest BCUT2D eigenvalue weighted by Gasteiger charge is -2.23. The van der Waals surface area contributed by atoms with Crippen LogP contribution in [0.15, 0.2) is 10.7 Å². The molecular weight excluding hydrogens is 248 g/mol. The maximum Gasteiger partial charge on any atom is 0.355 e. The molecule has 0 bridgehead atoms. The Morgan fingerprint density at radius 2 is 2.29 bits per heavy atom. The first kappa shape index (κ1) is 9.58. The van der Waals surface area contributed by atoms with Crippen molar-refractivity contribution in [2.24, 2.45) is 0 Å². The zero-order valence-corrected chi connectivity index (χ0v) is 8.99. The number of hydrogen-bond acceptors (Lipinski definition) is 3. The van der Waals surface area contributed by atoms with Crippen molar-refractivity contribution < 1.29 is 9.90 Å². The number of carboxylic acid groups (broad SMARTS) is 1. The highest BCUT2D eigenvalue weighted by Crippen LogP contribution is 2.34. The van der Waals surface area contributed by atoms with Gasteiger partial charge in [0, 0.05) is 12.1 Å². The SMILES string of the molecule is O=C(O)c1nc(C2CCC2)ncc1Br. The quantitative estimate of drug-likeness (QED) is 0.882. The standard InChI is InChI=1S/C9H9BrN2O2/c10-6-4-11-8(5-2-1-3-5)12-7(6)9(13)14/h4-5H,1-3H2,(H,13,14). The van der Waals surface area contributed by atoms with E-state index in [1.807, 2.05) is 0 Å². The summed E-state index contributed by atoms with van der Waals surface area (Å²) in [5.74, 6) is 0.0119. The number of carboxylic acids is 1. The molecule has 2 rings (SSSR count). The van der Waals surface area contributed by atoms with Crippen LogP contribution in [0, 0.1) is 0 Å². The Morgan fingerprint density at radius 1 is 1.57 bits per heavy atom. The highest BCUT2D eigenvalue weighted by atomic mass is 79.9. The van der Waals surface area contributed by atoms with Crippen molar-refractivity contribution in [3.8, 4) is 0 Å². The zero-order valence-electron chi connectivity index (χ0n) is 7.40. The molecule has 1 saturated carbocycles. The Bertz CT molecular complexity index is 377. The summed E-state index contributed by atoms with van der Waals surface area (Å²) in [6.45, 7) is 0. The first-order valence-corrected chi connectivity index (χ1v) is 5.23. The summed E-state index contributed by atoms with van der Waals surface area (Å²) in [5.41, 5.74) is 0.0573. The van der Waals surface area contributed by atoms with E-state index < -0.39 is 5.97 Å². The molecule has 0 atom stereocenters. The van der Waals surface area contributed by atoms with Crippen LogP contribution in [0.3, 0.4) is 0 Å². The van der Waals surface area contributed by atoms with Gasteiger partial charge in [0.2, 0.25) is 0 Å². The van der Waals surface area contributed by atoms with Crippen LogP contribution in [-0.2, 0) is 0 Å². The van der Waals surface area contributed by atoms with E-state index in [1.54, 1.807) is 0 Å². The van der Waals surface area contributed by atoms with Gasteiger partial charge in [-0.15, -0.1) is 0 Å². The Kier molecular flexibility index (Phi) is 2.50. The van der Waals surface area contributed by atoms with Crippen molar-refractivity contribution in [1.82, 2.24) is 9.97 Å². The van der Waals surface area contributed by atoms with Crippen molar-refractivity contribution >= 4 is 21.9 Å². The maximum atomic E-state index is 10.8. The fraction of sp³-hybridized carbons (Fsp3) is 0.444. The lowest BCUT2D eigenvalue weighted by atomic mass is 9.85. The molecule has 0 radical (unpaired) electrons. The van der Waals surface area contributed by atoms with E-state index in [2.05, 4.69) is 25.9 Å². The van der Waals surface area contributed by atoms with Crippen LogP contribution < -0.4 is 0 Å². The third-order valence-corrected chi connectivity index (χ3v) is 3.02. The molecule has 0 unspecified atom stereocenters. The Hall–Kier alpha value is -0.970. The highest BCUT2D eigenvalue weighted by Gasteiger charge is 2.24. The van der Waals surface area contributed by atoms with E-state index in [0.29, 0.717) is 16.2 Å². The molecule has 1 fully saturated rings. The summed E-state index contributed by atoms with van der Waals surface area (Å²) in [6, 6.07) is 0. The minimum atomic E-state index is -1.01. The first-order valence-electron chi connectivity index (χ1n) is 4.44. The van der Waals surface area contributed by atoms with E-state index in [4.69, 9.17) is 5.11 Å². The van der Waals surface area contributed by atoms with E-state index in [0.717, 1.165) is 12.8 Å². The summed E-state index contributed by atoms with van der Waals surface area (Å²) >= 11 is 3.11. The molecule has 0 spiro atoms. The van der Waals surface area contributed by atoms with Crippen molar-refractivity contribution in [3.63, 3.8) is 0 Å². The summed E-state index contributed by atoms with van der Waals surface area (Å²) < 4.78 is 0.438. The second kappa shape index (κ2) is 3.65. The average Bonchev–Trinajstić information content (AvgIpc) is 2.04. The predicted octanol–water partition coefficient (Wildman–Crippen LogP) is 2.20. The predicted molar refractivity (Wildman–Crippen MR) is 53.3 cm³/mol. The van der Waals surface area contributed by atoms with Crippen LogP contribution >= 0.6 is 15.9 Å². The Morgan fingerprint density at radius 3 is 2.79 bits per heavy atom. The minimum Gasteiger partial charge on any atom is -0.476 e. The molecule has 1 aromatic rings. The molecule has 1 heterocycles. The van der Waals surface area contributed by atoms with Crippen LogP contribution in [0.25, 0.3) is 0 Å². The highest BCUT2D eigenvalue weighted by molar-refractivity contribution is 9.10. The molecule has 0 aliphatic heterocycles. The molecule has 5 heteroatoms. The molecule has 1 aromatic heterocycles. The zero-order chi connectivity index (χ0) is 10.1. The lowest BCUT2D eigenvalue weighted by molar-refractivity contribution is 0.0688. The molecule has 1 N–H and O–H groups in total. The summed E-state index contributed by atoms with van der Waals surface area (Å²) in [5, 5.41) is 8.84. The van der Waals surface area contributed by atoms with Gasteiger partial charge in [0.1, 0.15) is 5.82 Å². The Labute approximate surface area is 89.5 Å². The normalized spacial score (nSPS) is 16.4. The topological polar surface area (TPSA) is 63.1 Å². The number of hydrogen-bond donors (Lipinski definition) is 1.